The van der Waals surface area contributed by atoms with Crippen LogP contribution >= 0.6 is 11.8 Å². The van der Waals surface area contributed by atoms with Gasteiger partial charge in [-0.15, -0.1) is 0 Å². The van der Waals surface area contributed by atoms with Crippen LogP contribution in [0.2, 0.25) is 0 Å². The molecule has 1 aromatic heterocycles. The van der Waals surface area contributed by atoms with E-state index < -0.39 is 34.6 Å². The van der Waals surface area contributed by atoms with Crippen molar-refractivity contribution in [1.82, 2.24) is 4.90 Å². The van der Waals surface area contributed by atoms with Gasteiger partial charge in [0.25, 0.3) is 16.8 Å². The molecule has 0 aliphatic carbocycles. The highest BCUT2D eigenvalue weighted by atomic mass is 32.2. The fourth-order valence-corrected chi connectivity index (χ4v) is 6.48. The molecule has 0 radical (unpaired) electrons. The first-order chi connectivity index (χ1) is 18.3. The van der Waals surface area contributed by atoms with Crippen molar-refractivity contribution in [2.24, 2.45) is 0 Å². The summed E-state index contributed by atoms with van der Waals surface area (Å²) in [6.45, 7) is 2.13. The molecule has 2 fully saturated rings. The van der Waals surface area contributed by atoms with Crippen molar-refractivity contribution in [2.75, 3.05) is 30.0 Å². The molecular weight excluding hydrogens is 513 g/mol. The van der Waals surface area contributed by atoms with E-state index in [1.807, 2.05) is 19.1 Å². The number of hydrogen-bond acceptors (Lipinski definition) is 9. The molecule has 0 spiro atoms. The van der Waals surface area contributed by atoms with E-state index in [1.165, 1.54) is 30.2 Å². The van der Waals surface area contributed by atoms with Gasteiger partial charge in [0.05, 0.1) is 24.4 Å². The first-order valence-corrected chi connectivity index (χ1v) is 13.6. The highest BCUT2D eigenvalue weighted by Gasteiger charge is 2.37. The molecule has 3 atom stereocenters. The Balaban J connectivity index is 1.41. The number of rotatable bonds is 8. The van der Waals surface area contributed by atoms with Crippen molar-refractivity contribution in [2.45, 2.75) is 49.9 Å². The Bertz CT molecular complexity index is 1440. The molecule has 1 amide bonds. The Hall–Kier alpha value is -3.60. The number of likely N-dealkylation sites (tertiary alicyclic amines) is 1. The number of esters is 1. The molecule has 3 aromatic rings. The zero-order valence-electron chi connectivity index (χ0n) is 21.0. The van der Waals surface area contributed by atoms with Crippen LogP contribution in [-0.4, -0.2) is 47.5 Å². The third-order valence-corrected chi connectivity index (χ3v) is 8.55. The average molecular weight is 542 g/mol. The molecule has 2 aliphatic rings. The number of methoxy groups -OCH3 is 1. The number of anilines is 3. The molecule has 2 unspecified atom stereocenters. The Morgan fingerprint density at radius 2 is 1.92 bits per heavy atom. The van der Waals surface area contributed by atoms with Crippen molar-refractivity contribution in [1.29, 1.82) is 0 Å². The molecule has 200 valence electrons. The van der Waals surface area contributed by atoms with E-state index in [-0.39, 0.29) is 33.9 Å². The second-order valence-corrected chi connectivity index (χ2v) is 10.8. The number of aryl methyl sites for hydroxylation is 1. The molecule has 0 bridgehead atoms. The number of thioether (sulfide) groups is 1. The minimum atomic E-state index is -0.878. The lowest BCUT2D eigenvalue weighted by molar-refractivity contribution is -0.145. The Morgan fingerprint density at radius 3 is 2.61 bits per heavy atom. The van der Waals surface area contributed by atoms with Crippen LogP contribution in [0.3, 0.4) is 0 Å². The number of ether oxygens (including phenoxy) is 1. The molecule has 2 saturated heterocycles. The maximum absolute atomic E-state index is 15.6. The first kappa shape index (κ1) is 26.0. The second kappa shape index (κ2) is 10.6. The summed E-state index contributed by atoms with van der Waals surface area (Å²) < 4.78 is 26.2. The maximum Gasteiger partial charge on any atom is 0.328 e. The van der Waals surface area contributed by atoms with Gasteiger partial charge in [-0.1, -0.05) is 6.07 Å². The zero-order chi connectivity index (χ0) is 27.0. The lowest BCUT2D eigenvalue weighted by Crippen LogP contribution is -2.41. The van der Waals surface area contributed by atoms with Crippen LogP contribution in [0.15, 0.2) is 44.3 Å². The van der Waals surface area contributed by atoms with Gasteiger partial charge in [-0.05, 0) is 62.6 Å². The largest absolute Gasteiger partial charge is 0.467 e. The van der Waals surface area contributed by atoms with Gasteiger partial charge in [0.15, 0.2) is 5.82 Å². The summed E-state index contributed by atoms with van der Waals surface area (Å²) >= 11 is 1.76. The van der Waals surface area contributed by atoms with Crippen LogP contribution in [0.5, 0.6) is 0 Å². The van der Waals surface area contributed by atoms with E-state index in [0.29, 0.717) is 25.1 Å². The summed E-state index contributed by atoms with van der Waals surface area (Å²) in [6.07, 6.45) is 2.98. The van der Waals surface area contributed by atoms with Crippen molar-refractivity contribution in [3.05, 3.63) is 73.7 Å². The van der Waals surface area contributed by atoms with Crippen LogP contribution in [-0.2, 0) is 9.53 Å². The smallest absolute Gasteiger partial charge is 0.328 e. The summed E-state index contributed by atoms with van der Waals surface area (Å²) in [6, 6.07) is 6.75. The van der Waals surface area contributed by atoms with E-state index in [1.54, 1.807) is 11.8 Å². The van der Waals surface area contributed by atoms with Crippen molar-refractivity contribution < 1.29 is 23.1 Å². The molecular formula is C27H28FN3O6S. The van der Waals surface area contributed by atoms with Crippen LogP contribution in [0.1, 0.15) is 53.6 Å². The maximum atomic E-state index is 15.6. The standard InChI is InChI=1S/C27H28FN3O6S/c1-14-10-11-18(37-14)21(19-9-5-13-38-19)30-23-22(24(32)25(23)33)29-16-7-3-6-15(20(16)28)26(34)31-12-4-8-17(31)27(35)36-2/h3,6-7,10-11,17,19,21,29-30H,4-5,8-9,12-13H2,1-2H3/t17-,19?,21?/m1/s1. The molecule has 38 heavy (non-hydrogen) atoms. The minimum absolute atomic E-state index is 0.0583. The number of carbonyl (C=O) groups excluding carboxylic acids is 2. The fourth-order valence-electron chi connectivity index (χ4n) is 5.11. The third-order valence-electron chi connectivity index (χ3n) is 7.09. The quantitative estimate of drug-likeness (QED) is 0.323. The van der Waals surface area contributed by atoms with Gasteiger partial charge < -0.3 is 24.7 Å². The topological polar surface area (TPSA) is 118 Å². The van der Waals surface area contributed by atoms with E-state index >= 15 is 4.39 Å². The molecule has 11 heteroatoms. The highest BCUT2D eigenvalue weighted by Crippen LogP contribution is 2.39. The predicted molar refractivity (Wildman–Crippen MR) is 142 cm³/mol. The van der Waals surface area contributed by atoms with Gasteiger partial charge in [0, 0.05) is 11.8 Å². The number of nitrogens with one attached hydrogen (secondary N) is 2. The average Bonchev–Trinajstić information content (AvgIpc) is 3.70. The Labute approximate surface area is 222 Å². The van der Waals surface area contributed by atoms with Crippen molar-refractivity contribution in [3.63, 3.8) is 0 Å². The van der Waals surface area contributed by atoms with E-state index in [2.05, 4.69) is 10.6 Å². The first-order valence-electron chi connectivity index (χ1n) is 12.5. The van der Waals surface area contributed by atoms with E-state index in [4.69, 9.17) is 9.15 Å². The summed E-state index contributed by atoms with van der Waals surface area (Å²) in [5.41, 5.74) is -1.85. The third kappa shape index (κ3) is 4.70. The molecule has 9 nitrogen and oxygen atoms in total. The van der Waals surface area contributed by atoms with Crippen LogP contribution < -0.4 is 21.5 Å². The van der Waals surface area contributed by atoms with Gasteiger partial charge in [-0.3, -0.25) is 14.4 Å². The molecule has 2 aliphatic heterocycles. The fraction of sp³-hybridized carbons (Fsp3) is 0.407. The number of carbonyl (C=O) groups is 2. The monoisotopic (exact) mass is 541 g/mol. The SMILES string of the molecule is COC(=O)[C@H]1CCCN1C(=O)c1cccc(Nc2c(NC(c3ccc(C)o3)C3CCCS3)c(=O)c2=O)c1F. The lowest BCUT2D eigenvalue weighted by Gasteiger charge is -2.26. The summed E-state index contributed by atoms with van der Waals surface area (Å²) in [7, 11) is 1.24. The van der Waals surface area contributed by atoms with Gasteiger partial charge in [0.1, 0.15) is 28.9 Å². The normalized spacial score (nSPS) is 20.0. The summed E-state index contributed by atoms with van der Waals surface area (Å²) in [5, 5.41) is 6.06. The molecule has 3 heterocycles. The predicted octanol–water partition coefficient (Wildman–Crippen LogP) is 3.89. The Kier molecular flexibility index (Phi) is 7.29. The van der Waals surface area contributed by atoms with Crippen LogP contribution in [0.25, 0.3) is 0 Å². The number of furan rings is 1. The van der Waals surface area contributed by atoms with Gasteiger partial charge in [-0.2, -0.15) is 11.8 Å². The molecule has 2 aromatic carbocycles. The van der Waals surface area contributed by atoms with Gasteiger partial charge in [0.2, 0.25) is 0 Å². The van der Waals surface area contributed by atoms with Crippen LogP contribution in [0, 0.1) is 12.7 Å². The van der Waals surface area contributed by atoms with Crippen LogP contribution in [0.4, 0.5) is 21.5 Å². The van der Waals surface area contributed by atoms with Gasteiger partial charge >= 0.3 is 5.97 Å². The summed E-state index contributed by atoms with van der Waals surface area (Å²) in [4.78, 5) is 51.6. The molecule has 5 rings (SSSR count). The van der Waals surface area contributed by atoms with E-state index in [0.717, 1.165) is 24.4 Å². The van der Waals surface area contributed by atoms with E-state index in [9.17, 15) is 19.2 Å². The number of nitrogens with zero attached hydrogens (tertiary/aromatic N) is 1. The number of halogens is 1. The minimum Gasteiger partial charge on any atom is -0.467 e. The highest BCUT2D eigenvalue weighted by molar-refractivity contribution is 8.00. The summed E-state index contributed by atoms with van der Waals surface area (Å²) in [5.74, 6) is 0.302. The lowest BCUT2D eigenvalue weighted by atomic mass is 10.0. The zero-order valence-corrected chi connectivity index (χ0v) is 21.9. The van der Waals surface area contributed by atoms with Gasteiger partial charge in [-0.25, -0.2) is 9.18 Å². The number of hydrogen-bond donors (Lipinski definition) is 2. The number of amides is 1. The second-order valence-electron chi connectivity index (χ2n) is 9.50. The molecule has 0 saturated carbocycles. The molecule has 2 N–H and O–H groups in total. The van der Waals surface area contributed by atoms with Crippen molar-refractivity contribution >= 4 is 40.7 Å². The number of benzene rings is 1. The van der Waals surface area contributed by atoms with Crippen molar-refractivity contribution in [3.8, 4) is 0 Å². The Morgan fingerprint density at radius 1 is 1.13 bits per heavy atom.